The summed E-state index contributed by atoms with van der Waals surface area (Å²) < 4.78 is 4.92. The van der Waals surface area contributed by atoms with Crippen LogP contribution in [-0.2, 0) is 14.3 Å². The van der Waals surface area contributed by atoms with E-state index in [0.29, 0.717) is 17.0 Å². The first-order valence-electron chi connectivity index (χ1n) is 9.23. The van der Waals surface area contributed by atoms with Crippen LogP contribution >= 0.6 is 11.6 Å². The molecule has 2 aromatic rings. The second-order valence-corrected chi connectivity index (χ2v) is 7.62. The van der Waals surface area contributed by atoms with Crippen molar-refractivity contribution in [3.05, 3.63) is 70.4 Å². The lowest BCUT2D eigenvalue weighted by Gasteiger charge is -2.32. The van der Waals surface area contributed by atoms with Crippen molar-refractivity contribution < 1.29 is 14.3 Å². The van der Waals surface area contributed by atoms with Crippen LogP contribution in [0.5, 0.6) is 0 Å². The van der Waals surface area contributed by atoms with Crippen molar-refractivity contribution in [2.75, 3.05) is 17.7 Å². The summed E-state index contributed by atoms with van der Waals surface area (Å²) in [6, 6.07) is 14.8. The van der Waals surface area contributed by atoms with Gasteiger partial charge in [-0.05, 0) is 36.1 Å². The number of Topliss-reactive ketones (excluding diaryl/α,β-unsaturated/α-hetero) is 1. The molecule has 2 aliphatic rings. The maximum absolute atomic E-state index is 13.5. The van der Waals surface area contributed by atoms with E-state index in [1.807, 2.05) is 49.4 Å². The normalized spacial score (nSPS) is 23.7. The van der Waals surface area contributed by atoms with Gasteiger partial charge in [0.2, 0.25) is 0 Å². The standard InChI is InChI=1S/C22H21ClN2O3/c1-12-11-17-19(21(26)18(12)22(27)28-2)20(13-7-3-4-8-14(13)23)25-16-10-6-5-9-15(16)24-17/h3-10,12,18,20,24-25H,11H2,1-2H3/t12-,18-,20-/m0/s1. The van der Waals surface area contributed by atoms with E-state index in [1.165, 1.54) is 7.11 Å². The molecule has 0 radical (unpaired) electrons. The van der Waals surface area contributed by atoms with Crippen LogP contribution in [0.4, 0.5) is 11.4 Å². The molecule has 2 aromatic carbocycles. The number of methoxy groups -OCH3 is 1. The summed E-state index contributed by atoms with van der Waals surface area (Å²) in [5, 5.41) is 7.44. The van der Waals surface area contributed by atoms with Gasteiger partial charge in [-0.15, -0.1) is 0 Å². The Morgan fingerprint density at radius 3 is 2.50 bits per heavy atom. The highest BCUT2D eigenvalue weighted by Gasteiger charge is 2.44. The van der Waals surface area contributed by atoms with Gasteiger partial charge in [-0.2, -0.15) is 0 Å². The van der Waals surface area contributed by atoms with Gasteiger partial charge in [0.1, 0.15) is 5.92 Å². The molecule has 0 unspecified atom stereocenters. The molecular weight excluding hydrogens is 376 g/mol. The monoisotopic (exact) mass is 396 g/mol. The summed E-state index contributed by atoms with van der Waals surface area (Å²) in [5.41, 5.74) is 3.91. The highest BCUT2D eigenvalue weighted by molar-refractivity contribution is 6.31. The summed E-state index contributed by atoms with van der Waals surface area (Å²) in [5.74, 6) is -1.70. The van der Waals surface area contributed by atoms with Crippen molar-refractivity contribution in [1.29, 1.82) is 0 Å². The molecule has 0 amide bonds. The zero-order valence-corrected chi connectivity index (χ0v) is 16.4. The number of hydrogen-bond donors (Lipinski definition) is 2. The molecule has 0 saturated heterocycles. The smallest absolute Gasteiger partial charge is 0.316 e. The van der Waals surface area contributed by atoms with E-state index >= 15 is 0 Å². The minimum Gasteiger partial charge on any atom is -0.468 e. The summed E-state index contributed by atoms with van der Waals surface area (Å²) in [6.07, 6.45) is 0.567. The SMILES string of the molecule is COC(=O)[C@@H]1C(=O)C2=C(C[C@@H]1C)Nc1ccccc1N[C@H]2c1ccccc1Cl. The Hall–Kier alpha value is -2.79. The predicted octanol–water partition coefficient (Wildman–Crippen LogP) is 4.57. The quantitative estimate of drug-likeness (QED) is 0.575. The molecule has 4 rings (SSSR count). The molecular formula is C22H21ClN2O3. The van der Waals surface area contributed by atoms with E-state index in [4.69, 9.17) is 16.3 Å². The average molecular weight is 397 g/mol. The third kappa shape index (κ3) is 3.06. The Morgan fingerprint density at radius 1 is 1.11 bits per heavy atom. The van der Waals surface area contributed by atoms with Crippen molar-refractivity contribution >= 4 is 34.7 Å². The largest absolute Gasteiger partial charge is 0.468 e. The molecule has 0 saturated carbocycles. The summed E-state index contributed by atoms with van der Waals surface area (Å²) in [6.45, 7) is 1.90. The first kappa shape index (κ1) is 18.6. The minimum atomic E-state index is -0.821. The number of rotatable bonds is 2. The summed E-state index contributed by atoms with van der Waals surface area (Å²) in [4.78, 5) is 25.8. The van der Waals surface area contributed by atoms with Crippen molar-refractivity contribution in [2.24, 2.45) is 11.8 Å². The van der Waals surface area contributed by atoms with Crippen molar-refractivity contribution in [3.8, 4) is 0 Å². The van der Waals surface area contributed by atoms with Crippen LogP contribution in [0.15, 0.2) is 59.8 Å². The number of anilines is 2. The third-order valence-electron chi connectivity index (χ3n) is 5.44. The lowest BCUT2D eigenvalue weighted by molar-refractivity contribution is -0.151. The number of allylic oxidation sites excluding steroid dienone is 1. The topological polar surface area (TPSA) is 67.4 Å². The number of halogens is 1. The fraction of sp³-hybridized carbons (Fsp3) is 0.273. The van der Waals surface area contributed by atoms with Crippen LogP contribution in [0, 0.1) is 11.8 Å². The maximum Gasteiger partial charge on any atom is 0.316 e. The van der Waals surface area contributed by atoms with E-state index in [9.17, 15) is 9.59 Å². The van der Waals surface area contributed by atoms with Crippen molar-refractivity contribution in [1.82, 2.24) is 0 Å². The van der Waals surface area contributed by atoms with Crippen LogP contribution in [0.3, 0.4) is 0 Å². The molecule has 28 heavy (non-hydrogen) atoms. The fourth-order valence-electron chi connectivity index (χ4n) is 4.08. The van der Waals surface area contributed by atoms with E-state index in [1.54, 1.807) is 6.07 Å². The number of benzene rings is 2. The number of fused-ring (bicyclic) bond motifs is 1. The number of carbonyl (C=O) groups excluding carboxylic acids is 2. The molecule has 0 bridgehead atoms. The number of ether oxygens (including phenoxy) is 1. The molecule has 0 aromatic heterocycles. The van der Waals surface area contributed by atoms with Crippen LogP contribution in [0.2, 0.25) is 5.02 Å². The Bertz CT molecular complexity index is 985. The number of esters is 1. The molecule has 5 nitrogen and oxygen atoms in total. The second kappa shape index (κ2) is 7.32. The molecule has 1 aliphatic carbocycles. The fourth-order valence-corrected chi connectivity index (χ4v) is 4.32. The van der Waals surface area contributed by atoms with Gasteiger partial charge in [0, 0.05) is 16.3 Å². The van der Waals surface area contributed by atoms with Gasteiger partial charge >= 0.3 is 5.97 Å². The highest BCUT2D eigenvalue weighted by atomic mass is 35.5. The Kier molecular flexibility index (Phi) is 4.85. The third-order valence-corrected chi connectivity index (χ3v) is 5.78. The zero-order valence-electron chi connectivity index (χ0n) is 15.7. The Labute approximate surface area is 168 Å². The van der Waals surface area contributed by atoms with Crippen LogP contribution < -0.4 is 10.6 Å². The van der Waals surface area contributed by atoms with Crippen LogP contribution in [-0.4, -0.2) is 18.9 Å². The van der Waals surface area contributed by atoms with E-state index in [-0.39, 0.29) is 11.7 Å². The van der Waals surface area contributed by atoms with Gasteiger partial charge in [-0.1, -0.05) is 48.9 Å². The first-order chi connectivity index (χ1) is 13.5. The van der Waals surface area contributed by atoms with Gasteiger partial charge in [0.15, 0.2) is 5.78 Å². The molecule has 1 aliphatic heterocycles. The molecule has 144 valence electrons. The number of ketones is 1. The number of para-hydroxylation sites is 2. The number of nitrogens with one attached hydrogen (secondary N) is 2. The Morgan fingerprint density at radius 2 is 1.79 bits per heavy atom. The van der Waals surface area contributed by atoms with Gasteiger partial charge in [0.25, 0.3) is 0 Å². The lowest BCUT2D eigenvalue weighted by Crippen LogP contribution is -2.39. The zero-order chi connectivity index (χ0) is 19.8. The van der Waals surface area contributed by atoms with Gasteiger partial charge in [-0.25, -0.2) is 0 Å². The number of hydrogen-bond acceptors (Lipinski definition) is 5. The molecule has 1 heterocycles. The van der Waals surface area contributed by atoms with Crippen LogP contribution in [0.1, 0.15) is 24.9 Å². The molecule has 6 heteroatoms. The van der Waals surface area contributed by atoms with Crippen LogP contribution in [0.25, 0.3) is 0 Å². The van der Waals surface area contributed by atoms with E-state index < -0.39 is 17.9 Å². The van der Waals surface area contributed by atoms with Gasteiger partial charge in [-0.3, -0.25) is 9.59 Å². The second-order valence-electron chi connectivity index (χ2n) is 7.21. The van der Waals surface area contributed by atoms with Gasteiger partial charge in [0.05, 0.1) is 24.5 Å². The van der Waals surface area contributed by atoms with E-state index in [2.05, 4.69) is 10.6 Å². The maximum atomic E-state index is 13.5. The van der Waals surface area contributed by atoms with Gasteiger partial charge < -0.3 is 15.4 Å². The Balaban J connectivity index is 1.90. The van der Waals surface area contributed by atoms with Crippen molar-refractivity contribution in [2.45, 2.75) is 19.4 Å². The van der Waals surface area contributed by atoms with Crippen molar-refractivity contribution in [3.63, 3.8) is 0 Å². The van der Waals surface area contributed by atoms with E-state index in [0.717, 1.165) is 22.6 Å². The molecule has 2 N–H and O–H groups in total. The lowest BCUT2D eigenvalue weighted by atomic mass is 9.75. The molecule has 3 atom stereocenters. The predicted molar refractivity (Wildman–Crippen MR) is 109 cm³/mol. The molecule has 0 fully saturated rings. The summed E-state index contributed by atoms with van der Waals surface area (Å²) in [7, 11) is 1.32. The average Bonchev–Trinajstić information content (AvgIpc) is 2.84. The first-order valence-corrected chi connectivity index (χ1v) is 9.61. The highest BCUT2D eigenvalue weighted by Crippen LogP contribution is 2.44. The summed E-state index contributed by atoms with van der Waals surface area (Å²) >= 11 is 6.49. The number of carbonyl (C=O) groups is 2. The molecule has 0 spiro atoms. The minimum absolute atomic E-state index is 0.164.